The highest BCUT2D eigenvalue weighted by molar-refractivity contribution is 7.80. The van der Waals surface area contributed by atoms with Crippen molar-refractivity contribution < 1.29 is 18.0 Å². The maximum atomic E-state index is 12.6. The summed E-state index contributed by atoms with van der Waals surface area (Å²) in [4.78, 5) is 12.0. The Labute approximate surface area is 150 Å². The van der Waals surface area contributed by atoms with E-state index in [2.05, 4.69) is 10.6 Å². The van der Waals surface area contributed by atoms with Gasteiger partial charge in [-0.15, -0.1) is 0 Å². The van der Waals surface area contributed by atoms with Crippen LogP contribution in [-0.2, 0) is 6.18 Å². The van der Waals surface area contributed by atoms with Crippen molar-refractivity contribution >= 4 is 52.1 Å². The molecule has 2 aromatic rings. The van der Waals surface area contributed by atoms with Gasteiger partial charge in [-0.2, -0.15) is 13.2 Å². The van der Waals surface area contributed by atoms with Crippen molar-refractivity contribution in [2.75, 3.05) is 5.32 Å². The molecule has 0 saturated carbocycles. The number of hydrogen-bond acceptors (Lipinski definition) is 2. The van der Waals surface area contributed by atoms with Gasteiger partial charge in [0.05, 0.1) is 26.9 Å². The lowest BCUT2D eigenvalue weighted by Crippen LogP contribution is -2.34. The van der Waals surface area contributed by atoms with Gasteiger partial charge >= 0.3 is 6.18 Å². The second kappa shape index (κ2) is 7.38. The molecule has 2 N–H and O–H groups in total. The number of anilines is 1. The molecule has 0 aromatic heterocycles. The Kier molecular flexibility index (Phi) is 5.69. The fourth-order valence-electron chi connectivity index (χ4n) is 1.76. The predicted molar refractivity (Wildman–Crippen MR) is 91.6 cm³/mol. The standard InChI is InChI=1S/C15H9Cl2F3N2OS/c16-10-4-2-1-3-9(10)13(23)22-14(24)21-12-6-5-8(7-11(12)17)15(18,19)20/h1-7H,(H2,21,22,23,24). The van der Waals surface area contributed by atoms with Gasteiger partial charge in [-0.05, 0) is 42.5 Å². The molecule has 2 rings (SSSR count). The topological polar surface area (TPSA) is 41.1 Å². The average Bonchev–Trinajstić information content (AvgIpc) is 2.48. The zero-order valence-corrected chi connectivity index (χ0v) is 14.1. The third-order valence-corrected chi connectivity index (χ3v) is 3.74. The van der Waals surface area contributed by atoms with Crippen LogP contribution < -0.4 is 10.6 Å². The van der Waals surface area contributed by atoms with E-state index in [1.807, 2.05) is 0 Å². The normalized spacial score (nSPS) is 11.0. The van der Waals surface area contributed by atoms with Gasteiger partial charge in [-0.25, -0.2) is 0 Å². The Morgan fingerprint density at radius 3 is 2.29 bits per heavy atom. The van der Waals surface area contributed by atoms with E-state index in [-0.39, 0.29) is 26.4 Å². The van der Waals surface area contributed by atoms with Gasteiger partial charge in [-0.3, -0.25) is 10.1 Å². The number of carbonyl (C=O) groups excluding carboxylic acids is 1. The quantitative estimate of drug-likeness (QED) is 0.695. The highest BCUT2D eigenvalue weighted by atomic mass is 35.5. The molecule has 9 heteroatoms. The second-order valence-electron chi connectivity index (χ2n) is 4.58. The lowest BCUT2D eigenvalue weighted by atomic mass is 10.2. The molecule has 0 aliphatic rings. The zero-order chi connectivity index (χ0) is 17.9. The van der Waals surface area contributed by atoms with Crippen molar-refractivity contribution in [2.24, 2.45) is 0 Å². The summed E-state index contributed by atoms with van der Waals surface area (Å²) in [5, 5.41) is 4.88. The Balaban J connectivity index is 2.08. The number of amides is 1. The van der Waals surface area contributed by atoms with Gasteiger partial charge in [0.15, 0.2) is 5.11 Å². The van der Waals surface area contributed by atoms with Crippen LogP contribution in [0.25, 0.3) is 0 Å². The minimum absolute atomic E-state index is 0.124. The molecule has 0 radical (unpaired) electrons. The highest BCUT2D eigenvalue weighted by Crippen LogP contribution is 2.33. The summed E-state index contributed by atoms with van der Waals surface area (Å²) < 4.78 is 37.8. The minimum Gasteiger partial charge on any atom is -0.331 e. The lowest BCUT2D eigenvalue weighted by Gasteiger charge is -2.13. The average molecular weight is 393 g/mol. The largest absolute Gasteiger partial charge is 0.416 e. The molecule has 0 saturated heterocycles. The monoisotopic (exact) mass is 392 g/mol. The predicted octanol–water partition coefficient (Wildman–Crippen LogP) is 5.14. The summed E-state index contributed by atoms with van der Waals surface area (Å²) in [5.41, 5.74) is -0.542. The SMILES string of the molecule is O=C(NC(=S)Nc1ccc(C(F)(F)F)cc1Cl)c1ccccc1Cl. The van der Waals surface area contributed by atoms with Crippen molar-refractivity contribution in [3.05, 3.63) is 63.6 Å². The summed E-state index contributed by atoms with van der Waals surface area (Å²) in [6.45, 7) is 0. The van der Waals surface area contributed by atoms with E-state index in [1.165, 1.54) is 6.07 Å². The first kappa shape index (κ1) is 18.5. The molecule has 0 heterocycles. The van der Waals surface area contributed by atoms with E-state index in [9.17, 15) is 18.0 Å². The fraction of sp³-hybridized carbons (Fsp3) is 0.0667. The number of rotatable bonds is 2. The van der Waals surface area contributed by atoms with E-state index in [4.69, 9.17) is 35.4 Å². The molecule has 0 atom stereocenters. The summed E-state index contributed by atoms with van der Waals surface area (Å²) in [7, 11) is 0. The van der Waals surface area contributed by atoms with Crippen LogP contribution in [0.5, 0.6) is 0 Å². The Bertz CT molecular complexity index is 797. The molecule has 3 nitrogen and oxygen atoms in total. The molecule has 0 spiro atoms. The maximum absolute atomic E-state index is 12.6. The molecule has 0 fully saturated rings. The number of thiocarbonyl (C=S) groups is 1. The number of alkyl halides is 3. The van der Waals surface area contributed by atoms with Crippen LogP contribution in [0.15, 0.2) is 42.5 Å². The fourth-order valence-corrected chi connectivity index (χ4v) is 2.41. The molecule has 1 amide bonds. The summed E-state index contributed by atoms with van der Waals surface area (Å²) in [6, 6.07) is 9.08. The van der Waals surface area contributed by atoms with Crippen LogP contribution in [0.2, 0.25) is 10.0 Å². The molecular weight excluding hydrogens is 384 g/mol. The van der Waals surface area contributed by atoms with E-state index < -0.39 is 17.6 Å². The van der Waals surface area contributed by atoms with Gasteiger partial charge in [0.25, 0.3) is 5.91 Å². The van der Waals surface area contributed by atoms with Crippen LogP contribution >= 0.6 is 35.4 Å². The minimum atomic E-state index is -4.50. The third-order valence-electron chi connectivity index (χ3n) is 2.89. The van der Waals surface area contributed by atoms with Crippen LogP contribution in [0, 0.1) is 0 Å². The number of nitrogens with one attached hydrogen (secondary N) is 2. The second-order valence-corrected chi connectivity index (χ2v) is 5.80. The van der Waals surface area contributed by atoms with Crippen molar-refractivity contribution in [1.82, 2.24) is 5.32 Å². The van der Waals surface area contributed by atoms with E-state index >= 15 is 0 Å². The van der Waals surface area contributed by atoms with Crippen molar-refractivity contribution in [2.45, 2.75) is 6.18 Å². The highest BCUT2D eigenvalue weighted by Gasteiger charge is 2.30. The molecular formula is C15H9Cl2F3N2OS. The number of carbonyl (C=O) groups is 1. The van der Waals surface area contributed by atoms with Crippen LogP contribution in [-0.4, -0.2) is 11.0 Å². The summed E-state index contributed by atoms with van der Waals surface area (Å²) >= 11 is 16.7. The van der Waals surface area contributed by atoms with E-state index in [0.29, 0.717) is 0 Å². The number of halogens is 5. The van der Waals surface area contributed by atoms with Crippen molar-refractivity contribution in [3.63, 3.8) is 0 Å². The number of hydrogen-bond donors (Lipinski definition) is 2. The first-order valence-corrected chi connectivity index (χ1v) is 7.58. The van der Waals surface area contributed by atoms with E-state index in [0.717, 1.165) is 18.2 Å². The maximum Gasteiger partial charge on any atom is 0.416 e. The van der Waals surface area contributed by atoms with Crippen LogP contribution in [0.3, 0.4) is 0 Å². The van der Waals surface area contributed by atoms with Gasteiger partial charge in [0, 0.05) is 0 Å². The first-order valence-electron chi connectivity index (χ1n) is 6.42. The van der Waals surface area contributed by atoms with Gasteiger partial charge in [0.1, 0.15) is 0 Å². The molecule has 0 bridgehead atoms. The summed E-state index contributed by atoms with van der Waals surface area (Å²) in [6.07, 6.45) is -4.50. The third kappa shape index (κ3) is 4.59. The Morgan fingerprint density at radius 2 is 1.71 bits per heavy atom. The van der Waals surface area contributed by atoms with Gasteiger partial charge < -0.3 is 5.32 Å². The smallest absolute Gasteiger partial charge is 0.331 e. The first-order chi connectivity index (χ1) is 11.2. The lowest BCUT2D eigenvalue weighted by molar-refractivity contribution is -0.137. The van der Waals surface area contributed by atoms with Crippen molar-refractivity contribution in [1.29, 1.82) is 0 Å². The Hall–Kier alpha value is -1.83. The summed E-state index contributed by atoms with van der Waals surface area (Å²) in [5.74, 6) is -0.555. The molecule has 126 valence electrons. The van der Waals surface area contributed by atoms with Crippen LogP contribution in [0.1, 0.15) is 15.9 Å². The molecule has 0 aliphatic heterocycles. The van der Waals surface area contributed by atoms with Crippen molar-refractivity contribution in [3.8, 4) is 0 Å². The zero-order valence-electron chi connectivity index (χ0n) is 11.7. The number of benzene rings is 2. The van der Waals surface area contributed by atoms with Gasteiger partial charge in [0.2, 0.25) is 0 Å². The van der Waals surface area contributed by atoms with Crippen LogP contribution in [0.4, 0.5) is 18.9 Å². The van der Waals surface area contributed by atoms with E-state index in [1.54, 1.807) is 18.2 Å². The molecule has 2 aromatic carbocycles. The Morgan fingerprint density at radius 1 is 1.04 bits per heavy atom. The van der Waals surface area contributed by atoms with Gasteiger partial charge in [-0.1, -0.05) is 35.3 Å². The molecule has 0 unspecified atom stereocenters. The molecule has 24 heavy (non-hydrogen) atoms. The molecule has 0 aliphatic carbocycles.